The summed E-state index contributed by atoms with van der Waals surface area (Å²) in [6, 6.07) is 15.3. The SMILES string of the molecule is CC(C)C.O=C(C1=CC=Cc2ccccc2C1)N1CC[C@H](CN2CCC(c3ccc(F)cc3)CC2)C1. The molecule has 2 heterocycles. The van der Waals surface area contributed by atoms with Crippen molar-refractivity contribution < 1.29 is 9.18 Å². The normalized spacial score (nSPS) is 20.4. The molecule has 0 unspecified atom stereocenters. The summed E-state index contributed by atoms with van der Waals surface area (Å²) in [6.07, 6.45) is 10.1. The predicted octanol–water partition coefficient (Wildman–Crippen LogP) is 6.71. The topological polar surface area (TPSA) is 23.6 Å². The highest BCUT2D eigenvalue weighted by Crippen LogP contribution is 2.30. The second kappa shape index (κ2) is 12.5. The molecule has 0 radical (unpaired) electrons. The standard InChI is InChI=1S/C28H31FN2O.C4H10/c29-27-10-8-23(9-11-27)24-13-15-30(16-14-24)19-21-12-17-31(20-21)28(32)26-7-3-6-22-4-1-2-5-25(22)18-26;1-4(2)3/h1-11,21,24H,12-20H2;4H,1-3H3/t21-;/m1./s1. The van der Waals surface area contributed by atoms with Crippen LogP contribution < -0.4 is 0 Å². The van der Waals surface area contributed by atoms with Crippen molar-refractivity contribution in [3.63, 3.8) is 0 Å². The van der Waals surface area contributed by atoms with Crippen LogP contribution in [0.2, 0.25) is 0 Å². The Labute approximate surface area is 216 Å². The third-order valence-corrected chi connectivity index (χ3v) is 7.30. The highest BCUT2D eigenvalue weighted by Gasteiger charge is 2.30. The number of rotatable bonds is 4. The fourth-order valence-electron chi connectivity index (χ4n) is 5.45. The largest absolute Gasteiger partial charge is 0.339 e. The van der Waals surface area contributed by atoms with E-state index in [2.05, 4.69) is 48.8 Å². The van der Waals surface area contributed by atoms with Crippen LogP contribution in [0.4, 0.5) is 4.39 Å². The molecule has 2 saturated heterocycles. The molecule has 1 amide bonds. The maximum atomic E-state index is 13.2. The van der Waals surface area contributed by atoms with Crippen LogP contribution in [0.5, 0.6) is 0 Å². The Bertz CT molecular complexity index is 1060. The van der Waals surface area contributed by atoms with Crippen molar-refractivity contribution in [2.24, 2.45) is 11.8 Å². The molecule has 1 aliphatic carbocycles. The number of piperidine rings is 1. The number of carbonyl (C=O) groups excluding carboxylic acids is 1. The molecule has 2 aliphatic heterocycles. The summed E-state index contributed by atoms with van der Waals surface area (Å²) in [5.41, 5.74) is 4.58. The van der Waals surface area contributed by atoms with Crippen LogP contribution in [0.15, 0.2) is 66.3 Å². The first-order valence-electron chi connectivity index (χ1n) is 13.6. The quantitative estimate of drug-likeness (QED) is 0.477. The van der Waals surface area contributed by atoms with E-state index in [1.807, 2.05) is 36.4 Å². The van der Waals surface area contributed by atoms with Gasteiger partial charge in [0.15, 0.2) is 0 Å². The van der Waals surface area contributed by atoms with Gasteiger partial charge in [-0.3, -0.25) is 4.79 Å². The molecule has 3 aliphatic rings. The van der Waals surface area contributed by atoms with Crippen LogP contribution in [0.25, 0.3) is 6.08 Å². The summed E-state index contributed by atoms with van der Waals surface area (Å²) in [7, 11) is 0. The first-order valence-corrected chi connectivity index (χ1v) is 13.6. The molecule has 36 heavy (non-hydrogen) atoms. The summed E-state index contributed by atoms with van der Waals surface area (Å²) in [5.74, 6) is 1.96. The Kier molecular flexibility index (Phi) is 9.14. The maximum Gasteiger partial charge on any atom is 0.250 e. The lowest BCUT2D eigenvalue weighted by Crippen LogP contribution is -2.38. The average molecular weight is 489 g/mol. The van der Waals surface area contributed by atoms with Gasteiger partial charge in [-0.25, -0.2) is 4.39 Å². The Morgan fingerprint density at radius 3 is 2.39 bits per heavy atom. The van der Waals surface area contributed by atoms with E-state index in [1.165, 1.54) is 16.7 Å². The summed E-state index contributed by atoms with van der Waals surface area (Å²) in [4.78, 5) is 17.8. The van der Waals surface area contributed by atoms with E-state index < -0.39 is 0 Å². The second-order valence-corrected chi connectivity index (χ2v) is 11.2. The first kappa shape index (κ1) is 26.3. The lowest BCUT2D eigenvalue weighted by Gasteiger charge is -2.33. The number of amides is 1. The molecule has 3 nitrogen and oxygen atoms in total. The van der Waals surface area contributed by atoms with Gasteiger partial charge in [0.2, 0.25) is 5.91 Å². The third-order valence-electron chi connectivity index (χ3n) is 7.30. The van der Waals surface area contributed by atoms with Crippen molar-refractivity contribution in [2.45, 2.75) is 52.4 Å². The number of hydrogen-bond acceptors (Lipinski definition) is 2. The molecule has 0 saturated carbocycles. The summed E-state index contributed by atoms with van der Waals surface area (Å²) in [6.45, 7) is 11.5. The monoisotopic (exact) mass is 488 g/mol. The van der Waals surface area contributed by atoms with Gasteiger partial charge >= 0.3 is 0 Å². The number of nitrogens with zero attached hydrogens (tertiary/aromatic N) is 2. The van der Waals surface area contributed by atoms with Crippen LogP contribution in [-0.2, 0) is 11.2 Å². The number of likely N-dealkylation sites (tertiary alicyclic amines) is 2. The zero-order chi connectivity index (χ0) is 25.5. The lowest BCUT2D eigenvalue weighted by molar-refractivity contribution is -0.126. The highest BCUT2D eigenvalue weighted by atomic mass is 19.1. The number of carbonyl (C=O) groups is 1. The zero-order valence-corrected chi connectivity index (χ0v) is 22.1. The molecule has 0 spiro atoms. The third kappa shape index (κ3) is 7.16. The van der Waals surface area contributed by atoms with Crippen molar-refractivity contribution in [3.05, 3.63) is 88.8 Å². The Balaban J connectivity index is 0.000000709. The van der Waals surface area contributed by atoms with E-state index in [9.17, 15) is 9.18 Å². The minimum Gasteiger partial charge on any atom is -0.339 e. The van der Waals surface area contributed by atoms with Crippen molar-refractivity contribution in [1.82, 2.24) is 9.80 Å². The molecule has 2 aromatic carbocycles. The molecular formula is C32H41FN2O. The summed E-state index contributed by atoms with van der Waals surface area (Å²) in [5, 5.41) is 0. The molecule has 0 aromatic heterocycles. The van der Waals surface area contributed by atoms with E-state index >= 15 is 0 Å². The molecule has 5 rings (SSSR count). The van der Waals surface area contributed by atoms with Crippen molar-refractivity contribution in [1.29, 1.82) is 0 Å². The maximum absolute atomic E-state index is 13.2. The first-order chi connectivity index (χ1) is 17.4. The predicted molar refractivity (Wildman–Crippen MR) is 147 cm³/mol. The van der Waals surface area contributed by atoms with Crippen LogP contribution in [-0.4, -0.2) is 48.4 Å². The lowest BCUT2D eigenvalue weighted by atomic mass is 9.89. The van der Waals surface area contributed by atoms with Gasteiger partial charge in [-0.15, -0.1) is 0 Å². The van der Waals surface area contributed by atoms with Crippen molar-refractivity contribution in [2.75, 3.05) is 32.7 Å². The van der Waals surface area contributed by atoms with Crippen molar-refractivity contribution in [3.8, 4) is 0 Å². The Hall–Kier alpha value is -2.72. The molecule has 4 heteroatoms. The van der Waals surface area contributed by atoms with Crippen LogP contribution in [0.3, 0.4) is 0 Å². The van der Waals surface area contributed by atoms with Crippen LogP contribution in [0.1, 0.15) is 62.6 Å². The fourth-order valence-corrected chi connectivity index (χ4v) is 5.45. The second-order valence-electron chi connectivity index (χ2n) is 11.2. The fraction of sp³-hybridized carbons (Fsp3) is 0.469. The molecule has 0 N–H and O–H groups in total. The molecule has 0 bridgehead atoms. The molecule has 1 atom stereocenters. The van der Waals surface area contributed by atoms with Crippen molar-refractivity contribution >= 4 is 12.0 Å². The zero-order valence-electron chi connectivity index (χ0n) is 22.1. The van der Waals surface area contributed by atoms with E-state index in [-0.39, 0.29) is 11.7 Å². The molecular weight excluding hydrogens is 447 g/mol. The van der Waals surface area contributed by atoms with Gasteiger partial charge in [-0.2, -0.15) is 0 Å². The average Bonchev–Trinajstić information content (AvgIpc) is 3.22. The molecule has 192 valence electrons. The minimum absolute atomic E-state index is 0.161. The molecule has 2 aromatic rings. The van der Waals surface area contributed by atoms with Gasteiger partial charge in [0.1, 0.15) is 5.82 Å². The van der Waals surface area contributed by atoms with Gasteiger partial charge in [0.05, 0.1) is 0 Å². The molecule has 2 fully saturated rings. The Morgan fingerprint density at radius 1 is 0.972 bits per heavy atom. The van der Waals surface area contributed by atoms with E-state index in [0.29, 0.717) is 18.3 Å². The number of fused-ring (bicyclic) bond motifs is 1. The smallest absolute Gasteiger partial charge is 0.250 e. The van der Waals surface area contributed by atoms with E-state index in [0.717, 1.165) is 63.5 Å². The van der Waals surface area contributed by atoms with Gasteiger partial charge in [-0.05, 0) is 78.9 Å². The van der Waals surface area contributed by atoms with E-state index in [1.54, 1.807) is 12.1 Å². The van der Waals surface area contributed by atoms with Crippen LogP contribution in [0, 0.1) is 17.7 Å². The highest BCUT2D eigenvalue weighted by molar-refractivity contribution is 5.95. The minimum atomic E-state index is -0.161. The number of halogens is 1. The number of hydrogen-bond donors (Lipinski definition) is 0. The van der Waals surface area contributed by atoms with E-state index in [4.69, 9.17) is 0 Å². The van der Waals surface area contributed by atoms with Gasteiger partial charge in [-0.1, -0.05) is 75.4 Å². The van der Waals surface area contributed by atoms with Crippen LogP contribution >= 0.6 is 0 Å². The number of allylic oxidation sites excluding steroid dienone is 2. The summed E-state index contributed by atoms with van der Waals surface area (Å²) < 4.78 is 13.2. The van der Waals surface area contributed by atoms with Gasteiger partial charge < -0.3 is 9.80 Å². The summed E-state index contributed by atoms with van der Waals surface area (Å²) >= 11 is 0. The van der Waals surface area contributed by atoms with Gasteiger partial charge in [0, 0.05) is 31.6 Å². The van der Waals surface area contributed by atoms with Gasteiger partial charge in [0.25, 0.3) is 0 Å². The number of benzene rings is 2. The Morgan fingerprint density at radius 2 is 1.67 bits per heavy atom.